The van der Waals surface area contributed by atoms with Crippen molar-refractivity contribution in [2.75, 3.05) is 19.8 Å². The van der Waals surface area contributed by atoms with E-state index in [1.54, 1.807) is 0 Å². The molecule has 0 radical (unpaired) electrons. The highest BCUT2D eigenvalue weighted by Crippen LogP contribution is 2.19. The Kier molecular flexibility index (Phi) is 6.71. The number of rotatable bonds is 8. The van der Waals surface area contributed by atoms with Crippen LogP contribution in [0.2, 0.25) is 0 Å². The lowest BCUT2D eigenvalue weighted by Crippen LogP contribution is -2.45. The first-order valence-electron chi connectivity index (χ1n) is 5.28. The molecule has 0 heterocycles. The Bertz CT molecular complexity index is 365. The molecule has 0 fully saturated rings. The van der Waals surface area contributed by atoms with Crippen LogP contribution in [0, 0.1) is 5.41 Å². The van der Waals surface area contributed by atoms with Gasteiger partial charge >= 0.3 is 10.4 Å². The van der Waals surface area contributed by atoms with Crippen molar-refractivity contribution in [1.82, 2.24) is 5.32 Å². The summed E-state index contributed by atoms with van der Waals surface area (Å²) in [4.78, 5) is 11.4. The minimum atomic E-state index is -4.46. The van der Waals surface area contributed by atoms with Crippen LogP contribution in [-0.2, 0) is 19.4 Å². The number of hydrogen-bond acceptors (Lipinski definition) is 6. The van der Waals surface area contributed by atoms with Crippen molar-refractivity contribution in [3.63, 3.8) is 0 Å². The molecule has 9 heteroatoms. The van der Waals surface area contributed by atoms with E-state index in [-0.39, 0.29) is 26.2 Å². The predicted molar refractivity (Wildman–Crippen MR) is 62.0 cm³/mol. The van der Waals surface area contributed by atoms with E-state index in [4.69, 9.17) is 9.66 Å². The molecule has 0 aliphatic carbocycles. The highest BCUT2D eigenvalue weighted by molar-refractivity contribution is 7.80. The maximum absolute atomic E-state index is 11.4. The zero-order valence-electron chi connectivity index (χ0n) is 10.3. The number of aliphatic hydroxyl groups excluding tert-OH is 2. The molecule has 0 aromatic carbocycles. The van der Waals surface area contributed by atoms with Crippen molar-refractivity contribution in [3.8, 4) is 0 Å². The summed E-state index contributed by atoms with van der Waals surface area (Å²) in [6, 6.07) is 0. The van der Waals surface area contributed by atoms with Gasteiger partial charge in [-0.25, -0.2) is 4.18 Å². The van der Waals surface area contributed by atoms with Crippen molar-refractivity contribution < 1.29 is 32.2 Å². The molecule has 0 saturated carbocycles. The van der Waals surface area contributed by atoms with Crippen LogP contribution in [0.25, 0.3) is 0 Å². The summed E-state index contributed by atoms with van der Waals surface area (Å²) in [6.07, 6.45) is -1.22. The summed E-state index contributed by atoms with van der Waals surface area (Å²) in [7, 11) is -4.46. The average molecular weight is 285 g/mol. The zero-order valence-corrected chi connectivity index (χ0v) is 11.1. The molecule has 1 unspecified atom stereocenters. The third kappa shape index (κ3) is 6.87. The monoisotopic (exact) mass is 285 g/mol. The summed E-state index contributed by atoms with van der Waals surface area (Å²) < 4.78 is 32.7. The molecule has 0 aromatic rings. The summed E-state index contributed by atoms with van der Waals surface area (Å²) in [6.45, 7) is 2.50. The van der Waals surface area contributed by atoms with Crippen molar-refractivity contribution >= 4 is 16.3 Å². The fourth-order valence-corrected chi connectivity index (χ4v) is 1.31. The van der Waals surface area contributed by atoms with Gasteiger partial charge in [0, 0.05) is 12.0 Å². The van der Waals surface area contributed by atoms with Crippen molar-refractivity contribution in [2.45, 2.75) is 26.4 Å². The quantitative estimate of drug-likeness (QED) is 0.321. The minimum absolute atomic E-state index is 0.0763. The van der Waals surface area contributed by atoms with E-state index in [1.807, 2.05) is 0 Å². The first-order chi connectivity index (χ1) is 8.10. The van der Waals surface area contributed by atoms with Gasteiger partial charge in [-0.1, -0.05) is 13.8 Å². The Morgan fingerprint density at radius 1 is 1.44 bits per heavy atom. The van der Waals surface area contributed by atoms with Gasteiger partial charge in [0.15, 0.2) is 0 Å². The molecular formula is C9H19NO7S. The van der Waals surface area contributed by atoms with Gasteiger partial charge in [-0.3, -0.25) is 9.35 Å². The molecule has 0 aromatic heterocycles. The molecule has 4 N–H and O–H groups in total. The fraction of sp³-hybridized carbons (Fsp3) is 0.889. The van der Waals surface area contributed by atoms with Crippen LogP contribution in [0.15, 0.2) is 0 Å². The largest absolute Gasteiger partial charge is 0.397 e. The molecule has 0 saturated heterocycles. The molecule has 8 nitrogen and oxygen atoms in total. The average Bonchev–Trinajstić information content (AvgIpc) is 2.25. The van der Waals surface area contributed by atoms with E-state index in [9.17, 15) is 18.3 Å². The summed E-state index contributed by atoms with van der Waals surface area (Å²) in [5.74, 6) is -0.666. The summed E-state index contributed by atoms with van der Waals surface area (Å²) in [5, 5.41) is 20.9. The second-order valence-corrected chi connectivity index (χ2v) is 5.53. The normalized spacial score (nSPS) is 14.3. The molecular weight excluding hydrogens is 266 g/mol. The van der Waals surface area contributed by atoms with Crippen molar-refractivity contribution in [1.29, 1.82) is 0 Å². The van der Waals surface area contributed by atoms with E-state index in [2.05, 4.69) is 9.50 Å². The van der Waals surface area contributed by atoms with Crippen LogP contribution in [0.1, 0.15) is 20.3 Å². The second-order valence-electron chi connectivity index (χ2n) is 4.44. The first kappa shape index (κ1) is 17.3. The van der Waals surface area contributed by atoms with Crippen LogP contribution < -0.4 is 5.32 Å². The van der Waals surface area contributed by atoms with Gasteiger partial charge < -0.3 is 15.5 Å². The number of carbonyl (C=O) groups excluding carboxylic acids is 1. The number of amides is 1. The Morgan fingerprint density at radius 3 is 2.44 bits per heavy atom. The van der Waals surface area contributed by atoms with E-state index in [1.165, 1.54) is 13.8 Å². The molecule has 1 atom stereocenters. The standard InChI is InChI=1S/C9H19NO7S/c1-9(2,6-11)7(12)8(13)10-4-3-5-17-18(14,15)16/h7,11-12H,3-6H2,1-2H3,(H,10,13)(H,14,15,16). The van der Waals surface area contributed by atoms with Gasteiger partial charge in [-0.15, -0.1) is 0 Å². The van der Waals surface area contributed by atoms with Crippen LogP contribution in [0.5, 0.6) is 0 Å². The third-order valence-electron chi connectivity index (χ3n) is 2.25. The summed E-state index contributed by atoms with van der Waals surface area (Å²) >= 11 is 0. The first-order valence-corrected chi connectivity index (χ1v) is 6.65. The highest BCUT2D eigenvalue weighted by Gasteiger charge is 2.32. The van der Waals surface area contributed by atoms with Crippen molar-refractivity contribution in [3.05, 3.63) is 0 Å². The van der Waals surface area contributed by atoms with Crippen LogP contribution in [-0.4, -0.2) is 55.0 Å². The Balaban J connectivity index is 3.92. The zero-order chi connectivity index (χ0) is 14.4. The Hall–Kier alpha value is -0.740. The lowest BCUT2D eigenvalue weighted by molar-refractivity contribution is -0.137. The van der Waals surface area contributed by atoms with Crippen LogP contribution in [0.4, 0.5) is 0 Å². The number of nitrogens with one attached hydrogen (secondary N) is 1. The maximum Gasteiger partial charge on any atom is 0.397 e. The Labute approximate surface area is 106 Å². The number of aliphatic hydroxyl groups is 2. The van der Waals surface area contributed by atoms with Gasteiger partial charge in [-0.05, 0) is 6.42 Å². The molecule has 0 rings (SSSR count). The van der Waals surface area contributed by atoms with E-state index in [0.29, 0.717) is 0 Å². The third-order valence-corrected chi connectivity index (χ3v) is 2.71. The topological polar surface area (TPSA) is 133 Å². The highest BCUT2D eigenvalue weighted by atomic mass is 32.3. The molecule has 0 bridgehead atoms. The lowest BCUT2D eigenvalue weighted by Gasteiger charge is -2.27. The van der Waals surface area contributed by atoms with Gasteiger partial charge in [0.25, 0.3) is 0 Å². The predicted octanol–water partition coefficient (Wildman–Crippen LogP) is -1.31. The molecule has 1 amide bonds. The molecule has 0 aliphatic rings. The molecule has 18 heavy (non-hydrogen) atoms. The van der Waals surface area contributed by atoms with Crippen LogP contribution >= 0.6 is 0 Å². The number of carbonyl (C=O) groups is 1. The Morgan fingerprint density at radius 2 is 2.00 bits per heavy atom. The molecule has 0 aliphatic heterocycles. The minimum Gasteiger partial charge on any atom is -0.396 e. The van der Waals surface area contributed by atoms with Gasteiger partial charge in [0.05, 0.1) is 13.2 Å². The van der Waals surface area contributed by atoms with E-state index >= 15 is 0 Å². The fourth-order valence-electron chi connectivity index (χ4n) is 0.986. The van der Waals surface area contributed by atoms with Gasteiger partial charge in [0.1, 0.15) is 6.10 Å². The lowest BCUT2D eigenvalue weighted by atomic mass is 9.87. The smallest absolute Gasteiger partial charge is 0.396 e. The van der Waals surface area contributed by atoms with Gasteiger partial charge in [-0.2, -0.15) is 8.42 Å². The SMILES string of the molecule is CC(C)(CO)C(O)C(=O)NCCCOS(=O)(=O)O. The molecule has 0 spiro atoms. The van der Waals surface area contributed by atoms with E-state index in [0.717, 1.165) is 0 Å². The number of hydrogen-bond donors (Lipinski definition) is 4. The van der Waals surface area contributed by atoms with Crippen molar-refractivity contribution in [2.24, 2.45) is 5.41 Å². The maximum atomic E-state index is 11.4. The molecule has 108 valence electrons. The van der Waals surface area contributed by atoms with Crippen LogP contribution in [0.3, 0.4) is 0 Å². The van der Waals surface area contributed by atoms with E-state index < -0.39 is 27.8 Å². The second kappa shape index (κ2) is 7.00. The van der Waals surface area contributed by atoms with Gasteiger partial charge in [0.2, 0.25) is 5.91 Å². The summed E-state index contributed by atoms with van der Waals surface area (Å²) in [5.41, 5.74) is -0.963.